The van der Waals surface area contributed by atoms with Gasteiger partial charge in [0.05, 0.1) is 52.9 Å². The number of hydrogen-bond donors (Lipinski definition) is 0. The molecule has 0 atom stereocenters. The lowest BCUT2D eigenvalue weighted by atomic mass is 10.1. The Labute approximate surface area is 513 Å². The molecule has 1 aliphatic rings. The topological polar surface area (TPSA) is 138 Å². The molecule has 0 saturated carbocycles. The summed E-state index contributed by atoms with van der Waals surface area (Å²) < 4.78 is 47.6. The molecule has 9 aromatic rings. The van der Waals surface area contributed by atoms with Crippen molar-refractivity contribution in [1.82, 2.24) is 33.6 Å². The van der Waals surface area contributed by atoms with Gasteiger partial charge in [-0.15, -0.1) is 0 Å². The smallest absolute Gasteiger partial charge is 0.260 e. The number of fused-ring (bicyclic) bond motifs is 3. The lowest BCUT2D eigenvalue weighted by molar-refractivity contribution is -0.132. The minimum absolute atomic E-state index is 0.0478. The van der Waals surface area contributed by atoms with E-state index in [1.807, 2.05) is 141 Å². The normalized spacial score (nSPS) is 12.3. The Morgan fingerprint density at radius 1 is 0.465 bits per heavy atom. The molecule has 16 heteroatoms. The second kappa shape index (κ2) is 31.5. The lowest BCUT2D eigenvalue weighted by Gasteiger charge is -2.16. The fraction of sp³-hybridized carbons (Fsp3) is 0.429. The van der Waals surface area contributed by atoms with Crippen molar-refractivity contribution in [1.29, 1.82) is 0 Å². The number of hydrogen-bond acceptors (Lipinski definition) is 11. The maximum atomic E-state index is 12.3. The summed E-state index contributed by atoms with van der Waals surface area (Å²) in [5, 5.41) is 0.710. The third-order valence-corrected chi connectivity index (χ3v) is 14.6. The number of carbonyl (C=O) groups is 1. The molecule has 10 rings (SSSR count). The first-order valence-electron chi connectivity index (χ1n) is 30.6. The summed E-state index contributed by atoms with van der Waals surface area (Å²) in [6, 6.07) is 41.2. The van der Waals surface area contributed by atoms with Crippen LogP contribution in [0, 0.1) is 30.6 Å². The summed E-state index contributed by atoms with van der Waals surface area (Å²) in [6.45, 7) is 31.0. The van der Waals surface area contributed by atoms with E-state index in [9.17, 15) is 4.79 Å². The molecule has 1 fully saturated rings. The fourth-order valence-electron chi connectivity index (χ4n) is 9.99. The van der Waals surface area contributed by atoms with E-state index in [4.69, 9.17) is 59.7 Å². The number of aryl methyl sites for hydroxylation is 1. The first-order valence-corrected chi connectivity index (χ1v) is 31.0. The summed E-state index contributed by atoms with van der Waals surface area (Å²) in [5.74, 6) is 10.4. The van der Waals surface area contributed by atoms with Gasteiger partial charge >= 0.3 is 0 Å². The van der Waals surface area contributed by atoms with Crippen molar-refractivity contribution in [2.75, 3.05) is 39.5 Å². The van der Waals surface area contributed by atoms with Crippen LogP contribution in [0.25, 0.3) is 33.1 Å². The minimum atomic E-state index is 0.0478. The third kappa shape index (κ3) is 18.3. The van der Waals surface area contributed by atoms with Gasteiger partial charge in [-0.1, -0.05) is 97.3 Å². The van der Waals surface area contributed by atoms with Crippen molar-refractivity contribution in [3.05, 3.63) is 155 Å². The molecule has 0 aliphatic carbocycles. The van der Waals surface area contributed by atoms with Gasteiger partial charge in [-0.2, -0.15) is 0 Å². The number of halogens is 1. The van der Waals surface area contributed by atoms with Crippen molar-refractivity contribution in [3.8, 4) is 40.2 Å². The van der Waals surface area contributed by atoms with Gasteiger partial charge in [-0.05, 0) is 142 Å². The van der Waals surface area contributed by atoms with Crippen LogP contribution in [0.3, 0.4) is 0 Å². The molecule has 1 amide bonds. The van der Waals surface area contributed by atoms with E-state index in [-0.39, 0.29) is 12.5 Å². The number of benzene rings is 6. The first kappa shape index (κ1) is 64.1. The van der Waals surface area contributed by atoms with Crippen LogP contribution in [0.2, 0.25) is 5.02 Å². The molecule has 86 heavy (non-hydrogen) atoms. The summed E-state index contributed by atoms with van der Waals surface area (Å²) in [4.78, 5) is 28.6. The quantitative estimate of drug-likeness (QED) is 0.0512. The van der Waals surface area contributed by atoms with E-state index < -0.39 is 0 Å². The second-order valence-electron chi connectivity index (χ2n) is 23.4. The molecule has 1 aliphatic heterocycles. The summed E-state index contributed by atoms with van der Waals surface area (Å²) in [7, 11) is 0. The lowest BCUT2D eigenvalue weighted by Crippen LogP contribution is -2.32. The zero-order valence-electron chi connectivity index (χ0n) is 52.3. The molecule has 458 valence electrons. The maximum absolute atomic E-state index is 12.3. The number of ether oxygens (including phenoxy) is 7. The number of amides is 1. The zero-order valence-corrected chi connectivity index (χ0v) is 53.1. The predicted molar refractivity (Wildman–Crippen MR) is 344 cm³/mol. The molecular formula is C70H88ClN7O8. The summed E-state index contributed by atoms with van der Waals surface area (Å²) in [5.41, 5.74) is 7.03. The molecule has 3 aromatic heterocycles. The van der Waals surface area contributed by atoms with E-state index in [0.29, 0.717) is 67.5 Å². The highest BCUT2D eigenvalue weighted by molar-refractivity contribution is 6.31. The Balaban J connectivity index is 0.000000170. The van der Waals surface area contributed by atoms with Crippen molar-refractivity contribution in [3.63, 3.8) is 0 Å². The van der Waals surface area contributed by atoms with Crippen LogP contribution in [0.15, 0.2) is 127 Å². The Morgan fingerprint density at radius 3 is 1.33 bits per heavy atom. The first-order chi connectivity index (χ1) is 41.5. The highest BCUT2D eigenvalue weighted by Gasteiger charge is 2.21. The Kier molecular flexibility index (Phi) is 23.5. The second-order valence-corrected chi connectivity index (χ2v) is 23.8. The van der Waals surface area contributed by atoms with Crippen molar-refractivity contribution >= 4 is 50.6 Å². The maximum Gasteiger partial charge on any atom is 0.260 e. The van der Waals surface area contributed by atoms with Crippen LogP contribution in [0.1, 0.15) is 112 Å². The molecule has 1 saturated heterocycles. The van der Waals surface area contributed by atoms with Gasteiger partial charge < -0.3 is 51.8 Å². The fourth-order valence-corrected chi connectivity index (χ4v) is 10.2. The van der Waals surface area contributed by atoms with Gasteiger partial charge in [-0.25, -0.2) is 15.0 Å². The average Bonchev–Trinajstić information content (AvgIpc) is 3.16. The Bertz CT molecular complexity index is 3580. The van der Waals surface area contributed by atoms with Crippen LogP contribution >= 0.6 is 11.6 Å². The number of para-hydroxylation sites is 1. The molecule has 0 radical (unpaired) electrons. The highest BCUT2D eigenvalue weighted by Crippen LogP contribution is 2.30. The van der Waals surface area contributed by atoms with Crippen molar-refractivity contribution in [2.45, 2.75) is 135 Å². The number of imidazole rings is 3. The Morgan fingerprint density at radius 2 is 0.872 bits per heavy atom. The largest absolute Gasteiger partial charge is 0.494 e. The molecule has 15 nitrogen and oxygen atoms in total. The molecule has 0 spiro atoms. The van der Waals surface area contributed by atoms with E-state index in [0.717, 1.165) is 149 Å². The SMILES string of the molecule is CCOc1ccc2nc(COc3ccccc3)n(CC(C)C)c2c1.CCOc1cccc(OCc2nc3ccc(OCC(=O)N4CCCC4)cc3n2CC(C)C)c1.Cc1ccc(OCc2nc3ccc(OCCC(C)C)cc3n2CC(C)C)cc1Cl. The van der Waals surface area contributed by atoms with E-state index in [1.54, 1.807) is 0 Å². The van der Waals surface area contributed by atoms with Gasteiger partial charge in [0.15, 0.2) is 6.61 Å². The Hall–Kier alpha value is -7.91. The number of nitrogens with zero attached hydrogens (tertiary/aromatic N) is 7. The number of carbonyl (C=O) groups excluding carboxylic acids is 1. The molecule has 4 heterocycles. The molecular weight excluding hydrogens is 1100 g/mol. The van der Waals surface area contributed by atoms with Gasteiger partial charge in [-0.3, -0.25) is 4.79 Å². The predicted octanol–water partition coefficient (Wildman–Crippen LogP) is 16.0. The number of likely N-dealkylation sites (tertiary alicyclic amines) is 1. The molecule has 0 bridgehead atoms. The number of aromatic nitrogens is 6. The summed E-state index contributed by atoms with van der Waals surface area (Å²) >= 11 is 6.22. The van der Waals surface area contributed by atoms with Crippen molar-refractivity contribution in [2.24, 2.45) is 23.7 Å². The van der Waals surface area contributed by atoms with Crippen molar-refractivity contribution < 1.29 is 38.0 Å². The van der Waals surface area contributed by atoms with Gasteiger partial charge in [0.25, 0.3) is 5.91 Å². The number of rotatable bonds is 26. The van der Waals surface area contributed by atoms with E-state index in [2.05, 4.69) is 81.2 Å². The standard InChI is InChI=1S/C26H33N3O4.C24H31ClN2O2.C20H24N2O2/c1-4-31-20-8-7-9-21(14-20)32-17-25-27-23-11-10-22(15-24(23)29(25)16-19(2)3)33-18-26(30)28-12-5-6-13-28;1-16(2)10-11-28-20-8-9-22-23(13-20)27(14-17(3)4)24(26-22)15-29-19-7-6-18(5)21(25)12-19;1-4-23-17-10-11-18-19(12-17)22(13-15(2)3)20(21-18)14-24-16-8-6-5-7-9-16/h7-11,14-15,19H,4-6,12-13,16-18H2,1-3H3;6-9,12-13,16-17H,10-11,14-15H2,1-5H3;5-12,15H,4,13-14H2,1-3H3. The monoisotopic (exact) mass is 1190 g/mol. The summed E-state index contributed by atoms with van der Waals surface area (Å²) in [6.07, 6.45) is 3.20. The van der Waals surface area contributed by atoms with Crippen LogP contribution < -0.4 is 33.2 Å². The van der Waals surface area contributed by atoms with Crippen LogP contribution in [-0.2, 0) is 44.2 Å². The zero-order chi connectivity index (χ0) is 61.1. The van der Waals surface area contributed by atoms with E-state index >= 15 is 0 Å². The van der Waals surface area contributed by atoms with Crippen LogP contribution in [0.4, 0.5) is 0 Å². The third-order valence-electron chi connectivity index (χ3n) is 14.2. The molecule has 6 aromatic carbocycles. The molecule has 0 N–H and O–H groups in total. The average molecular weight is 1190 g/mol. The van der Waals surface area contributed by atoms with Crippen LogP contribution in [-0.4, -0.2) is 79.0 Å². The van der Waals surface area contributed by atoms with Gasteiger partial charge in [0, 0.05) is 62.0 Å². The van der Waals surface area contributed by atoms with Gasteiger partial charge in [0.2, 0.25) is 0 Å². The highest BCUT2D eigenvalue weighted by atomic mass is 35.5. The minimum Gasteiger partial charge on any atom is -0.494 e. The van der Waals surface area contributed by atoms with Crippen LogP contribution in [0.5, 0.6) is 40.2 Å². The van der Waals surface area contributed by atoms with E-state index in [1.165, 1.54) is 0 Å². The molecule has 0 unspecified atom stereocenters. The van der Waals surface area contributed by atoms with Gasteiger partial charge in [0.1, 0.15) is 77.5 Å².